The predicted molar refractivity (Wildman–Crippen MR) is 126 cm³/mol. The molecule has 6 nitrogen and oxygen atoms in total. The van der Waals surface area contributed by atoms with Gasteiger partial charge in [0.25, 0.3) is 15.9 Å². The van der Waals surface area contributed by atoms with Crippen molar-refractivity contribution in [1.29, 1.82) is 0 Å². The van der Waals surface area contributed by atoms with E-state index in [0.717, 1.165) is 17.7 Å². The van der Waals surface area contributed by atoms with Crippen LogP contribution in [-0.4, -0.2) is 33.5 Å². The minimum atomic E-state index is -3.70. The lowest BCUT2D eigenvalue weighted by molar-refractivity contribution is -0.120. The molecule has 0 aromatic heterocycles. The molecule has 0 saturated heterocycles. The van der Waals surface area contributed by atoms with E-state index in [9.17, 15) is 13.2 Å². The third-order valence-electron chi connectivity index (χ3n) is 5.58. The Morgan fingerprint density at radius 1 is 1.00 bits per heavy atom. The van der Waals surface area contributed by atoms with Gasteiger partial charge in [0.2, 0.25) is 0 Å². The first-order chi connectivity index (χ1) is 15.4. The largest absolute Gasteiger partial charge is 0.484 e. The van der Waals surface area contributed by atoms with Crippen LogP contribution in [0.1, 0.15) is 19.4 Å². The number of ether oxygens (including phenoxy) is 1. The Morgan fingerprint density at radius 2 is 1.66 bits per heavy atom. The van der Waals surface area contributed by atoms with Gasteiger partial charge in [0.05, 0.1) is 10.6 Å². The third kappa shape index (κ3) is 4.21. The first-order valence-corrected chi connectivity index (χ1v) is 12.1. The van der Waals surface area contributed by atoms with Crippen molar-refractivity contribution in [3.8, 4) is 5.75 Å². The van der Waals surface area contributed by atoms with E-state index in [2.05, 4.69) is 0 Å². The van der Waals surface area contributed by atoms with Gasteiger partial charge in [-0.25, -0.2) is 8.42 Å². The molecule has 4 rings (SSSR count). The number of carbonyl (C=O) groups excluding carboxylic acids is 1. The minimum Gasteiger partial charge on any atom is -0.484 e. The van der Waals surface area contributed by atoms with Gasteiger partial charge in [-0.05, 0) is 68.3 Å². The van der Waals surface area contributed by atoms with Crippen molar-refractivity contribution in [1.82, 2.24) is 0 Å². The fourth-order valence-electron chi connectivity index (χ4n) is 4.08. The van der Waals surface area contributed by atoms with Gasteiger partial charge in [0, 0.05) is 18.3 Å². The maximum absolute atomic E-state index is 13.1. The Bertz CT molecular complexity index is 1190. The third-order valence-corrected chi connectivity index (χ3v) is 7.50. The van der Waals surface area contributed by atoms with E-state index < -0.39 is 10.0 Å². The fraction of sp³-hybridized carbons (Fsp3) is 0.240. The highest BCUT2D eigenvalue weighted by molar-refractivity contribution is 7.92. The zero-order valence-electron chi connectivity index (χ0n) is 18.1. The molecule has 3 aromatic rings. The first kappa shape index (κ1) is 21.9. The lowest BCUT2D eigenvalue weighted by Gasteiger charge is -2.23. The highest BCUT2D eigenvalue weighted by Crippen LogP contribution is 2.32. The highest BCUT2D eigenvalue weighted by atomic mass is 32.2. The van der Waals surface area contributed by atoms with Crippen molar-refractivity contribution in [2.45, 2.75) is 31.2 Å². The topological polar surface area (TPSA) is 66.9 Å². The molecule has 7 heteroatoms. The summed E-state index contributed by atoms with van der Waals surface area (Å²) in [7, 11) is -3.70. The van der Waals surface area contributed by atoms with Crippen LogP contribution in [0.2, 0.25) is 0 Å². The van der Waals surface area contributed by atoms with Crippen LogP contribution in [0.3, 0.4) is 0 Å². The van der Waals surface area contributed by atoms with E-state index in [4.69, 9.17) is 4.74 Å². The van der Waals surface area contributed by atoms with Crippen LogP contribution in [0.4, 0.5) is 11.4 Å². The molecule has 1 aliphatic heterocycles. The average molecular weight is 451 g/mol. The second-order valence-electron chi connectivity index (χ2n) is 7.71. The van der Waals surface area contributed by atoms with Gasteiger partial charge in [-0.15, -0.1) is 0 Å². The molecule has 0 aliphatic carbocycles. The van der Waals surface area contributed by atoms with Gasteiger partial charge < -0.3 is 9.64 Å². The lowest BCUT2D eigenvalue weighted by Crippen LogP contribution is -2.39. The van der Waals surface area contributed by atoms with E-state index in [1.54, 1.807) is 48.2 Å². The Morgan fingerprint density at radius 3 is 2.34 bits per heavy atom. The van der Waals surface area contributed by atoms with Crippen molar-refractivity contribution < 1.29 is 17.9 Å². The van der Waals surface area contributed by atoms with Crippen LogP contribution < -0.4 is 13.9 Å². The summed E-state index contributed by atoms with van der Waals surface area (Å²) < 4.78 is 33.2. The number of hydrogen-bond donors (Lipinski definition) is 0. The SMILES string of the molecule is CCN(c1ccccc1)S(=O)(=O)c1ccc(OCC(=O)N2c3ccccc3CC2C)cc1. The molecule has 0 N–H and O–H groups in total. The predicted octanol–water partition coefficient (Wildman–Crippen LogP) is 4.26. The summed E-state index contributed by atoms with van der Waals surface area (Å²) in [5, 5.41) is 0. The van der Waals surface area contributed by atoms with Gasteiger partial charge in [0.15, 0.2) is 6.61 Å². The molecule has 1 amide bonds. The number of benzene rings is 3. The number of carbonyl (C=O) groups is 1. The smallest absolute Gasteiger partial charge is 0.265 e. The average Bonchev–Trinajstić information content (AvgIpc) is 3.14. The summed E-state index contributed by atoms with van der Waals surface area (Å²) in [6.45, 7) is 4.01. The molecule has 1 heterocycles. The van der Waals surface area contributed by atoms with Crippen molar-refractivity contribution >= 4 is 27.3 Å². The molecule has 32 heavy (non-hydrogen) atoms. The van der Waals surface area contributed by atoms with E-state index in [0.29, 0.717) is 18.0 Å². The lowest BCUT2D eigenvalue weighted by atomic mass is 10.1. The summed E-state index contributed by atoms with van der Waals surface area (Å²) in [6, 6.07) is 23.1. The van der Waals surface area contributed by atoms with E-state index in [-0.39, 0.29) is 23.5 Å². The summed E-state index contributed by atoms with van der Waals surface area (Å²) >= 11 is 0. The molecule has 0 saturated carbocycles. The fourth-order valence-corrected chi connectivity index (χ4v) is 5.55. The molecule has 1 aliphatic rings. The van der Waals surface area contributed by atoms with Crippen LogP contribution in [0.15, 0.2) is 83.8 Å². The van der Waals surface area contributed by atoms with Crippen LogP contribution >= 0.6 is 0 Å². The summed E-state index contributed by atoms with van der Waals surface area (Å²) in [5.74, 6) is 0.320. The summed E-state index contributed by atoms with van der Waals surface area (Å²) in [5.41, 5.74) is 2.69. The minimum absolute atomic E-state index is 0.0778. The number of amides is 1. The van der Waals surface area contributed by atoms with E-state index >= 15 is 0 Å². The van der Waals surface area contributed by atoms with E-state index in [1.807, 2.05) is 37.3 Å². The quantitative estimate of drug-likeness (QED) is 0.540. The molecular weight excluding hydrogens is 424 g/mol. The van der Waals surface area contributed by atoms with Gasteiger partial charge in [-0.2, -0.15) is 0 Å². The monoisotopic (exact) mass is 450 g/mol. The Kier molecular flexibility index (Phi) is 6.19. The zero-order valence-corrected chi connectivity index (χ0v) is 19.0. The maximum Gasteiger partial charge on any atom is 0.265 e. The molecule has 1 atom stereocenters. The molecule has 1 unspecified atom stereocenters. The maximum atomic E-state index is 13.1. The van der Waals surface area contributed by atoms with Gasteiger partial charge in [0.1, 0.15) is 5.75 Å². The molecule has 0 spiro atoms. The molecular formula is C25H26N2O4S. The standard InChI is InChI=1S/C25H26N2O4S/c1-3-26(21-10-5-4-6-11-21)32(29,30)23-15-13-22(14-16-23)31-18-25(28)27-19(2)17-20-9-7-8-12-24(20)27/h4-16,19H,3,17-18H2,1-2H3. The zero-order chi connectivity index (χ0) is 22.7. The van der Waals surface area contributed by atoms with Crippen LogP contribution in [0, 0.1) is 0 Å². The van der Waals surface area contributed by atoms with Gasteiger partial charge >= 0.3 is 0 Å². The first-order valence-electron chi connectivity index (χ1n) is 10.6. The molecule has 0 radical (unpaired) electrons. The van der Waals surface area contributed by atoms with Crippen molar-refractivity contribution in [3.05, 3.63) is 84.4 Å². The Balaban J connectivity index is 1.45. The molecule has 3 aromatic carbocycles. The van der Waals surface area contributed by atoms with Gasteiger partial charge in [-0.3, -0.25) is 9.10 Å². The number of para-hydroxylation sites is 2. The van der Waals surface area contributed by atoms with Crippen molar-refractivity contribution in [3.63, 3.8) is 0 Å². The van der Waals surface area contributed by atoms with Crippen LogP contribution in [-0.2, 0) is 21.2 Å². The van der Waals surface area contributed by atoms with Crippen molar-refractivity contribution in [2.75, 3.05) is 22.4 Å². The van der Waals surface area contributed by atoms with Crippen LogP contribution in [0.25, 0.3) is 0 Å². The Labute approximate surface area is 189 Å². The van der Waals surface area contributed by atoms with Crippen LogP contribution in [0.5, 0.6) is 5.75 Å². The number of sulfonamides is 1. The van der Waals surface area contributed by atoms with Crippen molar-refractivity contribution in [2.24, 2.45) is 0 Å². The number of anilines is 2. The summed E-state index contributed by atoms with van der Waals surface area (Å²) in [6.07, 6.45) is 0.823. The normalized spacial score (nSPS) is 15.3. The number of fused-ring (bicyclic) bond motifs is 1. The molecule has 166 valence electrons. The van der Waals surface area contributed by atoms with E-state index in [1.165, 1.54) is 16.4 Å². The second kappa shape index (κ2) is 9.04. The van der Waals surface area contributed by atoms with Gasteiger partial charge in [-0.1, -0.05) is 36.4 Å². The number of nitrogens with zero attached hydrogens (tertiary/aromatic N) is 2. The molecule has 0 fully saturated rings. The Hall–Kier alpha value is -3.32. The summed E-state index contributed by atoms with van der Waals surface area (Å²) in [4.78, 5) is 14.7. The highest BCUT2D eigenvalue weighted by Gasteiger charge is 2.30. The number of hydrogen-bond acceptors (Lipinski definition) is 4. The second-order valence-corrected chi connectivity index (χ2v) is 9.57. The number of rotatable bonds is 7. The molecule has 0 bridgehead atoms.